The molecule has 0 radical (unpaired) electrons. The van der Waals surface area contributed by atoms with E-state index in [2.05, 4.69) is 17.9 Å². The molecule has 0 aliphatic carbocycles. The normalized spacial score (nSPS) is 13.6. The van der Waals surface area contributed by atoms with Gasteiger partial charge in [-0.25, -0.2) is 22.8 Å². The van der Waals surface area contributed by atoms with Gasteiger partial charge in [-0.15, -0.1) is 0 Å². The van der Waals surface area contributed by atoms with Crippen molar-refractivity contribution in [2.45, 2.75) is 31.6 Å². The van der Waals surface area contributed by atoms with E-state index in [0.29, 0.717) is 0 Å². The van der Waals surface area contributed by atoms with Gasteiger partial charge in [-0.1, -0.05) is 13.2 Å². The SMILES string of the molecule is C=C(C)C(=O)OC(=O)C(=C)CC(F)(F)C(F)C(F)(F)F. The molecule has 0 aromatic rings. The minimum Gasteiger partial charge on any atom is -0.386 e. The Labute approximate surface area is 109 Å². The molecule has 3 nitrogen and oxygen atoms in total. The predicted molar refractivity (Wildman–Crippen MR) is 55.6 cm³/mol. The number of hydrogen-bond donors (Lipinski definition) is 0. The Morgan fingerprint density at radius 1 is 1.10 bits per heavy atom. The summed E-state index contributed by atoms with van der Waals surface area (Å²) in [6.45, 7) is 6.98. The van der Waals surface area contributed by atoms with Crippen LogP contribution in [0.15, 0.2) is 24.3 Å². The second kappa shape index (κ2) is 6.10. The first-order valence-electron chi connectivity index (χ1n) is 4.97. The Hall–Kier alpha value is -1.80. The molecule has 0 aromatic carbocycles. The summed E-state index contributed by atoms with van der Waals surface area (Å²) in [7, 11) is 0. The second-order valence-electron chi connectivity index (χ2n) is 3.90. The van der Waals surface area contributed by atoms with E-state index in [1.807, 2.05) is 0 Å². The minimum absolute atomic E-state index is 0.239. The molecule has 9 heteroatoms. The maximum atomic E-state index is 13.0. The summed E-state index contributed by atoms with van der Waals surface area (Å²) in [6.07, 6.45) is -12.2. The first-order chi connectivity index (χ1) is 8.79. The van der Waals surface area contributed by atoms with Gasteiger partial charge in [0.2, 0.25) is 0 Å². The van der Waals surface area contributed by atoms with Crippen LogP contribution in [0.4, 0.5) is 26.3 Å². The molecule has 114 valence electrons. The third-order valence-electron chi connectivity index (χ3n) is 1.93. The van der Waals surface area contributed by atoms with Crippen LogP contribution in [0.3, 0.4) is 0 Å². The fraction of sp³-hybridized carbons (Fsp3) is 0.455. The number of halogens is 6. The molecule has 0 amide bonds. The fourth-order valence-corrected chi connectivity index (χ4v) is 0.929. The Bertz CT molecular complexity index is 438. The van der Waals surface area contributed by atoms with Crippen molar-refractivity contribution >= 4 is 11.9 Å². The van der Waals surface area contributed by atoms with Gasteiger partial charge in [0.25, 0.3) is 12.1 Å². The molecule has 0 N–H and O–H groups in total. The summed E-state index contributed by atoms with van der Waals surface area (Å²) in [5.74, 6) is -7.83. The molecule has 1 unspecified atom stereocenters. The Balaban J connectivity index is 4.79. The molecule has 0 heterocycles. The lowest BCUT2D eigenvalue weighted by Gasteiger charge is -2.22. The molecule has 0 saturated heterocycles. The topological polar surface area (TPSA) is 43.4 Å². The number of ether oxygens (including phenoxy) is 1. The van der Waals surface area contributed by atoms with Crippen LogP contribution < -0.4 is 0 Å². The van der Waals surface area contributed by atoms with E-state index in [1.165, 1.54) is 0 Å². The molecular weight excluding hydrogens is 294 g/mol. The first kappa shape index (κ1) is 18.2. The van der Waals surface area contributed by atoms with E-state index in [-0.39, 0.29) is 5.57 Å². The van der Waals surface area contributed by atoms with Gasteiger partial charge in [0, 0.05) is 17.6 Å². The van der Waals surface area contributed by atoms with Gasteiger partial charge in [-0.3, -0.25) is 0 Å². The van der Waals surface area contributed by atoms with Gasteiger partial charge in [-0.2, -0.15) is 13.2 Å². The van der Waals surface area contributed by atoms with E-state index in [9.17, 15) is 35.9 Å². The smallest absolute Gasteiger partial charge is 0.386 e. The third kappa shape index (κ3) is 5.06. The third-order valence-corrected chi connectivity index (χ3v) is 1.93. The number of carbonyl (C=O) groups excluding carboxylic acids is 2. The van der Waals surface area contributed by atoms with Crippen LogP contribution in [0.1, 0.15) is 13.3 Å². The van der Waals surface area contributed by atoms with Gasteiger partial charge >= 0.3 is 18.1 Å². The van der Waals surface area contributed by atoms with E-state index in [0.717, 1.165) is 6.92 Å². The molecule has 0 bridgehead atoms. The van der Waals surface area contributed by atoms with E-state index >= 15 is 0 Å². The quantitative estimate of drug-likeness (QED) is 0.339. The Kier molecular flexibility index (Phi) is 5.55. The standard InChI is InChI=1S/C11H10F6O3/c1-5(2)7(18)20-8(19)6(3)4-10(13,14)9(12)11(15,16)17/h9H,1,3-4H2,2H3. The molecule has 0 spiro atoms. The van der Waals surface area contributed by atoms with E-state index in [1.54, 1.807) is 0 Å². The van der Waals surface area contributed by atoms with Crippen LogP contribution in [0.2, 0.25) is 0 Å². The monoisotopic (exact) mass is 304 g/mol. The van der Waals surface area contributed by atoms with Crippen LogP contribution in [0.5, 0.6) is 0 Å². The lowest BCUT2D eigenvalue weighted by molar-refractivity contribution is -0.243. The summed E-state index contributed by atoms with van der Waals surface area (Å²) < 4.78 is 78.0. The van der Waals surface area contributed by atoms with Gasteiger partial charge in [0.1, 0.15) is 0 Å². The molecule has 20 heavy (non-hydrogen) atoms. The summed E-state index contributed by atoms with van der Waals surface area (Å²) >= 11 is 0. The van der Waals surface area contributed by atoms with Crippen molar-refractivity contribution in [1.29, 1.82) is 0 Å². The zero-order valence-corrected chi connectivity index (χ0v) is 10.2. The zero-order chi connectivity index (χ0) is 16.3. The highest BCUT2D eigenvalue weighted by atomic mass is 19.4. The molecule has 0 aromatic heterocycles. The van der Waals surface area contributed by atoms with E-state index < -0.39 is 42.2 Å². The average molecular weight is 304 g/mol. The molecule has 0 saturated carbocycles. The largest absolute Gasteiger partial charge is 0.425 e. The van der Waals surface area contributed by atoms with E-state index in [4.69, 9.17) is 0 Å². The van der Waals surface area contributed by atoms with Crippen LogP contribution in [-0.4, -0.2) is 30.2 Å². The van der Waals surface area contributed by atoms with Crippen molar-refractivity contribution < 1.29 is 40.7 Å². The van der Waals surface area contributed by atoms with Crippen LogP contribution in [-0.2, 0) is 14.3 Å². The summed E-state index contributed by atoms with van der Waals surface area (Å²) in [4.78, 5) is 22.0. The molecule has 1 atom stereocenters. The fourth-order valence-electron chi connectivity index (χ4n) is 0.929. The van der Waals surface area contributed by atoms with Crippen molar-refractivity contribution in [3.63, 3.8) is 0 Å². The van der Waals surface area contributed by atoms with Crippen LogP contribution >= 0.6 is 0 Å². The van der Waals surface area contributed by atoms with Crippen molar-refractivity contribution in [2.24, 2.45) is 0 Å². The van der Waals surface area contributed by atoms with Gasteiger partial charge < -0.3 is 4.74 Å². The van der Waals surface area contributed by atoms with Crippen molar-refractivity contribution in [2.75, 3.05) is 0 Å². The molecule has 0 aliphatic rings. The number of hydrogen-bond acceptors (Lipinski definition) is 3. The number of alkyl halides is 6. The Morgan fingerprint density at radius 3 is 1.90 bits per heavy atom. The van der Waals surface area contributed by atoms with Gasteiger partial charge in [0.05, 0.1) is 0 Å². The summed E-state index contributed by atoms with van der Waals surface area (Å²) in [5, 5.41) is 0. The van der Waals surface area contributed by atoms with Crippen LogP contribution in [0, 0.1) is 0 Å². The molecule has 0 aliphatic heterocycles. The van der Waals surface area contributed by atoms with Crippen molar-refractivity contribution in [3.8, 4) is 0 Å². The van der Waals surface area contributed by atoms with Gasteiger partial charge in [0.15, 0.2) is 0 Å². The highest BCUT2D eigenvalue weighted by Crippen LogP contribution is 2.38. The number of rotatable bonds is 5. The lowest BCUT2D eigenvalue weighted by Crippen LogP contribution is -2.42. The van der Waals surface area contributed by atoms with Gasteiger partial charge in [-0.05, 0) is 6.92 Å². The second-order valence-corrected chi connectivity index (χ2v) is 3.90. The average Bonchev–Trinajstić information content (AvgIpc) is 2.25. The minimum atomic E-state index is -5.79. The Morgan fingerprint density at radius 2 is 1.55 bits per heavy atom. The summed E-state index contributed by atoms with van der Waals surface area (Å²) in [5.41, 5.74) is -1.41. The summed E-state index contributed by atoms with van der Waals surface area (Å²) in [6, 6.07) is 0. The maximum absolute atomic E-state index is 13.0. The van der Waals surface area contributed by atoms with Crippen molar-refractivity contribution in [1.82, 2.24) is 0 Å². The van der Waals surface area contributed by atoms with Crippen LogP contribution in [0.25, 0.3) is 0 Å². The zero-order valence-electron chi connectivity index (χ0n) is 10.2. The maximum Gasteiger partial charge on any atom is 0.425 e. The number of carbonyl (C=O) groups is 2. The first-order valence-corrected chi connectivity index (χ1v) is 4.97. The molecule has 0 rings (SSSR count). The number of esters is 2. The van der Waals surface area contributed by atoms with Crippen molar-refractivity contribution in [3.05, 3.63) is 24.3 Å². The highest BCUT2D eigenvalue weighted by molar-refractivity contribution is 6.01. The molecular formula is C11H10F6O3. The predicted octanol–water partition coefficient (Wildman–Crippen LogP) is 3.11. The lowest BCUT2D eigenvalue weighted by atomic mass is 10.0. The highest BCUT2D eigenvalue weighted by Gasteiger charge is 2.57. The molecule has 0 fully saturated rings.